The second-order valence-corrected chi connectivity index (χ2v) is 5.67. The van der Waals surface area contributed by atoms with Crippen molar-refractivity contribution in [3.8, 4) is 0 Å². The Labute approximate surface area is 125 Å². The lowest BCUT2D eigenvalue weighted by Gasteiger charge is -2.29. The molecule has 3 rings (SSSR count). The van der Waals surface area contributed by atoms with E-state index in [4.69, 9.17) is 0 Å². The zero-order valence-electron chi connectivity index (χ0n) is 10.8. The standard InChI is InChI=1S/C16H13BrFNO/c17-14-10-12(18)7-8-13(14)16(20)19-9-3-5-11-4-1-2-6-15(11)19/h1-2,4,6-8,10H,3,5,9H2. The molecule has 0 saturated heterocycles. The van der Waals surface area contributed by atoms with E-state index in [1.165, 1.54) is 23.8 Å². The van der Waals surface area contributed by atoms with Crippen molar-refractivity contribution in [1.82, 2.24) is 0 Å². The highest BCUT2D eigenvalue weighted by molar-refractivity contribution is 9.10. The van der Waals surface area contributed by atoms with E-state index in [0.29, 0.717) is 16.6 Å². The Morgan fingerprint density at radius 2 is 2.00 bits per heavy atom. The molecule has 0 saturated carbocycles. The SMILES string of the molecule is O=C(c1ccc(F)cc1Br)N1CCCc2ccccc21. The van der Waals surface area contributed by atoms with Gasteiger partial charge in [-0.2, -0.15) is 0 Å². The lowest BCUT2D eigenvalue weighted by molar-refractivity contribution is 0.0984. The summed E-state index contributed by atoms with van der Waals surface area (Å²) in [4.78, 5) is 14.4. The van der Waals surface area contributed by atoms with Crippen molar-refractivity contribution in [1.29, 1.82) is 0 Å². The Bertz CT molecular complexity index is 671. The monoisotopic (exact) mass is 333 g/mol. The van der Waals surface area contributed by atoms with Crippen LogP contribution in [0.5, 0.6) is 0 Å². The molecular weight excluding hydrogens is 321 g/mol. The predicted molar refractivity (Wildman–Crippen MR) is 80.5 cm³/mol. The Morgan fingerprint density at radius 1 is 1.20 bits per heavy atom. The first-order valence-electron chi connectivity index (χ1n) is 6.51. The van der Waals surface area contributed by atoms with Crippen molar-refractivity contribution >= 4 is 27.5 Å². The smallest absolute Gasteiger partial charge is 0.259 e. The van der Waals surface area contributed by atoms with Crippen LogP contribution in [0.4, 0.5) is 10.1 Å². The molecule has 2 aromatic carbocycles. The second-order valence-electron chi connectivity index (χ2n) is 4.81. The van der Waals surface area contributed by atoms with Gasteiger partial charge in [-0.15, -0.1) is 0 Å². The van der Waals surface area contributed by atoms with Gasteiger partial charge >= 0.3 is 0 Å². The van der Waals surface area contributed by atoms with Crippen molar-refractivity contribution in [2.24, 2.45) is 0 Å². The van der Waals surface area contributed by atoms with E-state index in [-0.39, 0.29) is 11.7 Å². The molecule has 1 amide bonds. The predicted octanol–water partition coefficient (Wildman–Crippen LogP) is 4.18. The van der Waals surface area contributed by atoms with Crippen molar-refractivity contribution in [3.63, 3.8) is 0 Å². The van der Waals surface area contributed by atoms with Crippen molar-refractivity contribution in [2.75, 3.05) is 11.4 Å². The molecular formula is C16H13BrFNO. The largest absolute Gasteiger partial charge is 0.308 e. The number of para-hydroxylation sites is 1. The van der Waals surface area contributed by atoms with Crippen LogP contribution in [0.3, 0.4) is 0 Å². The minimum atomic E-state index is -0.354. The van der Waals surface area contributed by atoms with E-state index in [2.05, 4.69) is 22.0 Å². The maximum absolute atomic E-state index is 13.1. The Morgan fingerprint density at radius 3 is 2.80 bits per heavy atom. The number of fused-ring (bicyclic) bond motifs is 1. The van der Waals surface area contributed by atoms with Gasteiger partial charge in [-0.05, 0) is 58.6 Å². The Kier molecular flexibility index (Phi) is 3.57. The van der Waals surface area contributed by atoms with Gasteiger partial charge in [0.2, 0.25) is 0 Å². The first-order valence-corrected chi connectivity index (χ1v) is 7.31. The van der Waals surface area contributed by atoms with Crippen LogP contribution in [0.1, 0.15) is 22.3 Å². The highest BCUT2D eigenvalue weighted by Gasteiger charge is 2.24. The Balaban J connectivity index is 2.00. The van der Waals surface area contributed by atoms with E-state index in [1.54, 1.807) is 4.90 Å². The molecule has 1 heterocycles. The minimum absolute atomic E-state index is 0.0935. The fourth-order valence-corrected chi connectivity index (χ4v) is 3.07. The maximum Gasteiger partial charge on any atom is 0.259 e. The summed E-state index contributed by atoms with van der Waals surface area (Å²) in [7, 11) is 0. The number of rotatable bonds is 1. The molecule has 2 aromatic rings. The summed E-state index contributed by atoms with van der Waals surface area (Å²) < 4.78 is 13.6. The molecule has 0 aliphatic carbocycles. The van der Waals surface area contributed by atoms with E-state index >= 15 is 0 Å². The fraction of sp³-hybridized carbons (Fsp3) is 0.188. The number of amides is 1. The molecule has 0 unspecified atom stereocenters. The average Bonchev–Trinajstić information content (AvgIpc) is 2.46. The van der Waals surface area contributed by atoms with Crippen molar-refractivity contribution in [2.45, 2.75) is 12.8 Å². The normalized spacial score (nSPS) is 14.0. The van der Waals surface area contributed by atoms with Crippen LogP contribution in [0.2, 0.25) is 0 Å². The van der Waals surface area contributed by atoms with Gasteiger partial charge in [0.05, 0.1) is 5.56 Å². The zero-order chi connectivity index (χ0) is 14.1. The van der Waals surface area contributed by atoms with E-state index in [9.17, 15) is 9.18 Å². The molecule has 102 valence electrons. The third kappa shape index (κ3) is 2.36. The molecule has 0 bridgehead atoms. The molecule has 4 heteroatoms. The van der Waals surface area contributed by atoms with Gasteiger partial charge in [-0.25, -0.2) is 4.39 Å². The number of halogens is 2. The van der Waals surface area contributed by atoms with Crippen LogP contribution in [0.25, 0.3) is 0 Å². The lowest BCUT2D eigenvalue weighted by Crippen LogP contribution is -2.35. The van der Waals surface area contributed by atoms with Crippen LogP contribution in [0.15, 0.2) is 46.9 Å². The highest BCUT2D eigenvalue weighted by Crippen LogP contribution is 2.29. The molecule has 1 aliphatic rings. The number of nitrogens with zero attached hydrogens (tertiary/aromatic N) is 1. The van der Waals surface area contributed by atoms with Crippen LogP contribution in [-0.2, 0) is 6.42 Å². The number of aryl methyl sites for hydroxylation is 1. The van der Waals surface area contributed by atoms with Gasteiger partial charge in [0, 0.05) is 16.7 Å². The topological polar surface area (TPSA) is 20.3 Å². The third-order valence-corrected chi connectivity index (χ3v) is 4.17. The second kappa shape index (κ2) is 5.37. The van der Waals surface area contributed by atoms with Gasteiger partial charge in [0.25, 0.3) is 5.91 Å². The summed E-state index contributed by atoms with van der Waals surface area (Å²) in [6, 6.07) is 12.1. The summed E-state index contributed by atoms with van der Waals surface area (Å²) in [6.45, 7) is 0.694. The lowest BCUT2D eigenvalue weighted by atomic mass is 10.0. The molecule has 20 heavy (non-hydrogen) atoms. The molecule has 0 fully saturated rings. The summed E-state index contributed by atoms with van der Waals surface area (Å²) in [5.41, 5.74) is 2.63. The van der Waals surface area contributed by atoms with E-state index in [0.717, 1.165) is 18.5 Å². The first-order chi connectivity index (χ1) is 9.66. The average molecular weight is 334 g/mol. The zero-order valence-corrected chi connectivity index (χ0v) is 12.4. The van der Waals surface area contributed by atoms with Gasteiger partial charge < -0.3 is 4.90 Å². The number of anilines is 1. The molecule has 0 radical (unpaired) electrons. The van der Waals surface area contributed by atoms with Gasteiger partial charge in [-0.1, -0.05) is 18.2 Å². The number of carbonyl (C=O) groups is 1. The molecule has 1 aliphatic heterocycles. The third-order valence-electron chi connectivity index (χ3n) is 3.52. The minimum Gasteiger partial charge on any atom is -0.308 e. The summed E-state index contributed by atoms with van der Waals surface area (Å²) in [5, 5.41) is 0. The van der Waals surface area contributed by atoms with Gasteiger partial charge in [-0.3, -0.25) is 4.79 Å². The van der Waals surface area contributed by atoms with Crippen LogP contribution < -0.4 is 4.90 Å². The summed E-state index contributed by atoms with van der Waals surface area (Å²) in [5.74, 6) is -0.448. The van der Waals surface area contributed by atoms with Crippen molar-refractivity contribution in [3.05, 3.63) is 63.9 Å². The molecule has 2 nitrogen and oxygen atoms in total. The Hall–Kier alpha value is -1.68. The fourth-order valence-electron chi connectivity index (χ4n) is 2.55. The first kappa shape index (κ1) is 13.3. The van der Waals surface area contributed by atoms with Crippen LogP contribution in [0, 0.1) is 5.82 Å². The number of hydrogen-bond acceptors (Lipinski definition) is 1. The van der Waals surface area contributed by atoms with Crippen LogP contribution in [-0.4, -0.2) is 12.5 Å². The van der Waals surface area contributed by atoms with E-state index in [1.807, 2.05) is 18.2 Å². The quantitative estimate of drug-likeness (QED) is 0.766. The van der Waals surface area contributed by atoms with Gasteiger partial charge in [0.15, 0.2) is 0 Å². The maximum atomic E-state index is 13.1. The van der Waals surface area contributed by atoms with Crippen LogP contribution >= 0.6 is 15.9 Å². The number of benzene rings is 2. The van der Waals surface area contributed by atoms with Gasteiger partial charge in [0.1, 0.15) is 5.82 Å². The van der Waals surface area contributed by atoms with E-state index < -0.39 is 0 Å². The summed E-state index contributed by atoms with van der Waals surface area (Å²) >= 11 is 3.27. The molecule has 0 spiro atoms. The summed E-state index contributed by atoms with van der Waals surface area (Å²) in [6.07, 6.45) is 1.94. The number of carbonyl (C=O) groups excluding carboxylic acids is 1. The molecule has 0 aromatic heterocycles. The molecule has 0 N–H and O–H groups in total. The number of hydrogen-bond donors (Lipinski definition) is 0. The van der Waals surface area contributed by atoms with Crippen molar-refractivity contribution < 1.29 is 9.18 Å². The molecule has 0 atom stereocenters. The highest BCUT2D eigenvalue weighted by atomic mass is 79.9.